The molecule has 0 saturated carbocycles. The number of esters is 1. The molecule has 1 heterocycles. The van der Waals surface area contributed by atoms with Crippen LogP contribution in [0.25, 0.3) is 0 Å². The van der Waals surface area contributed by atoms with E-state index in [4.69, 9.17) is 4.74 Å². The van der Waals surface area contributed by atoms with Crippen LogP contribution in [-0.4, -0.2) is 36.3 Å². The Morgan fingerprint density at radius 1 is 1.47 bits per heavy atom. The van der Waals surface area contributed by atoms with Crippen molar-refractivity contribution in [2.75, 3.05) is 19.4 Å². The summed E-state index contributed by atoms with van der Waals surface area (Å²) in [7, 11) is 0. The number of nitrogens with zero attached hydrogens (tertiary/aromatic N) is 1. The Balaban J connectivity index is 2.49. The molecule has 0 aromatic carbocycles. The maximum atomic E-state index is 11.8. The van der Waals surface area contributed by atoms with Crippen LogP contribution in [0, 0.1) is 5.92 Å². The first-order valence-corrected chi connectivity index (χ1v) is 7.20. The van der Waals surface area contributed by atoms with Crippen LogP contribution in [0.2, 0.25) is 0 Å². The van der Waals surface area contributed by atoms with Gasteiger partial charge in [0, 0.05) is 12.7 Å². The van der Waals surface area contributed by atoms with E-state index < -0.39 is 5.97 Å². The van der Waals surface area contributed by atoms with E-state index in [2.05, 4.69) is 10.3 Å². The molecule has 0 atom stereocenters. The van der Waals surface area contributed by atoms with Crippen LogP contribution < -0.4 is 5.32 Å². The van der Waals surface area contributed by atoms with Crippen LogP contribution in [0.1, 0.15) is 24.2 Å². The molecule has 1 rings (SSSR count). The largest absolute Gasteiger partial charge is 0.452 e. The minimum Gasteiger partial charge on any atom is -0.452 e. The fourth-order valence-electron chi connectivity index (χ4n) is 1.29. The second-order valence-corrected chi connectivity index (χ2v) is 5.13. The third-order valence-electron chi connectivity index (χ3n) is 2.23. The number of rotatable bonds is 6. The van der Waals surface area contributed by atoms with Gasteiger partial charge in [0.05, 0.1) is 5.56 Å². The minimum atomic E-state index is -0.530. The molecule has 19 heavy (non-hydrogen) atoms. The summed E-state index contributed by atoms with van der Waals surface area (Å²) in [5.41, 5.74) is 0.381. The highest BCUT2D eigenvalue weighted by Crippen LogP contribution is 2.17. The summed E-state index contributed by atoms with van der Waals surface area (Å²) in [4.78, 5) is 27.3. The summed E-state index contributed by atoms with van der Waals surface area (Å²) in [5, 5.41) is 3.27. The standard InChI is InChI=1S/C13H18N2O3S/c1-9(2)7-15-11(16)8-18-13(17)10-5-4-6-14-12(10)19-3/h4-6,9H,7-8H2,1-3H3,(H,15,16). The molecule has 0 spiro atoms. The molecule has 0 bridgehead atoms. The molecule has 1 N–H and O–H groups in total. The van der Waals surface area contributed by atoms with Gasteiger partial charge < -0.3 is 10.1 Å². The van der Waals surface area contributed by atoms with Crippen molar-refractivity contribution in [1.82, 2.24) is 10.3 Å². The fourth-order valence-corrected chi connectivity index (χ4v) is 1.82. The number of thioether (sulfide) groups is 1. The zero-order valence-corrected chi connectivity index (χ0v) is 12.1. The zero-order valence-electron chi connectivity index (χ0n) is 11.3. The van der Waals surface area contributed by atoms with Crippen molar-refractivity contribution in [3.63, 3.8) is 0 Å². The van der Waals surface area contributed by atoms with Crippen LogP contribution in [0.5, 0.6) is 0 Å². The lowest BCUT2D eigenvalue weighted by atomic mass is 10.2. The van der Waals surface area contributed by atoms with Gasteiger partial charge in [0.2, 0.25) is 0 Å². The lowest BCUT2D eigenvalue weighted by molar-refractivity contribution is -0.124. The van der Waals surface area contributed by atoms with E-state index in [1.54, 1.807) is 18.3 Å². The van der Waals surface area contributed by atoms with Gasteiger partial charge in [-0.3, -0.25) is 4.79 Å². The highest BCUT2D eigenvalue weighted by atomic mass is 32.2. The average Bonchev–Trinajstić information content (AvgIpc) is 2.42. The SMILES string of the molecule is CSc1ncccc1C(=O)OCC(=O)NCC(C)C. The molecule has 0 aliphatic heterocycles. The first-order chi connectivity index (χ1) is 9.04. The van der Waals surface area contributed by atoms with Gasteiger partial charge in [-0.1, -0.05) is 13.8 Å². The molecular formula is C13H18N2O3S. The second-order valence-electron chi connectivity index (χ2n) is 4.33. The number of carbonyl (C=O) groups is 2. The second kappa shape index (κ2) is 7.78. The molecule has 0 unspecified atom stereocenters. The van der Waals surface area contributed by atoms with Gasteiger partial charge in [-0.05, 0) is 24.3 Å². The van der Waals surface area contributed by atoms with Crippen molar-refractivity contribution in [1.29, 1.82) is 0 Å². The van der Waals surface area contributed by atoms with Gasteiger partial charge in [-0.25, -0.2) is 9.78 Å². The Labute approximate surface area is 117 Å². The number of pyridine rings is 1. The zero-order chi connectivity index (χ0) is 14.3. The van der Waals surface area contributed by atoms with Gasteiger partial charge in [0.1, 0.15) is 5.03 Å². The van der Waals surface area contributed by atoms with E-state index in [0.717, 1.165) is 0 Å². The Kier molecular flexibility index (Phi) is 6.35. The number of aromatic nitrogens is 1. The first kappa shape index (κ1) is 15.5. The first-order valence-electron chi connectivity index (χ1n) is 5.97. The maximum Gasteiger partial charge on any atom is 0.341 e. The normalized spacial score (nSPS) is 10.3. The Morgan fingerprint density at radius 2 is 2.21 bits per heavy atom. The molecule has 1 aromatic rings. The van der Waals surface area contributed by atoms with Gasteiger partial charge in [-0.2, -0.15) is 0 Å². The number of ether oxygens (including phenoxy) is 1. The van der Waals surface area contributed by atoms with Crippen LogP contribution in [0.3, 0.4) is 0 Å². The van der Waals surface area contributed by atoms with Gasteiger partial charge >= 0.3 is 5.97 Å². The minimum absolute atomic E-state index is 0.270. The molecular weight excluding hydrogens is 264 g/mol. The van der Waals surface area contributed by atoms with E-state index in [1.807, 2.05) is 20.1 Å². The summed E-state index contributed by atoms with van der Waals surface area (Å²) < 4.78 is 4.96. The predicted octanol–water partition coefficient (Wildman–Crippen LogP) is 1.73. The predicted molar refractivity (Wildman–Crippen MR) is 74.1 cm³/mol. The molecule has 104 valence electrons. The third kappa shape index (κ3) is 5.30. The lowest BCUT2D eigenvalue weighted by Crippen LogP contribution is -2.31. The van der Waals surface area contributed by atoms with Crippen molar-refractivity contribution < 1.29 is 14.3 Å². The molecule has 6 heteroatoms. The smallest absolute Gasteiger partial charge is 0.341 e. The van der Waals surface area contributed by atoms with Gasteiger partial charge in [0.15, 0.2) is 6.61 Å². The maximum absolute atomic E-state index is 11.8. The summed E-state index contributed by atoms with van der Waals surface area (Å²) in [6, 6.07) is 3.29. The monoisotopic (exact) mass is 282 g/mol. The van der Waals surface area contributed by atoms with E-state index in [9.17, 15) is 9.59 Å². The number of hydrogen-bond donors (Lipinski definition) is 1. The van der Waals surface area contributed by atoms with Crippen molar-refractivity contribution in [3.8, 4) is 0 Å². The van der Waals surface area contributed by atoms with E-state index in [0.29, 0.717) is 23.1 Å². The molecule has 1 aromatic heterocycles. The number of amides is 1. The molecule has 0 fully saturated rings. The summed E-state index contributed by atoms with van der Waals surface area (Å²) in [5.74, 6) is -0.463. The Hall–Kier alpha value is -1.56. The summed E-state index contributed by atoms with van der Waals surface area (Å²) in [6.45, 7) is 4.28. The van der Waals surface area contributed by atoms with Crippen LogP contribution in [0.4, 0.5) is 0 Å². The Morgan fingerprint density at radius 3 is 2.84 bits per heavy atom. The Bertz CT molecular complexity index is 449. The summed E-state index contributed by atoms with van der Waals surface area (Å²) >= 11 is 1.36. The van der Waals surface area contributed by atoms with Crippen molar-refractivity contribution >= 4 is 23.6 Å². The molecule has 0 aliphatic rings. The number of hydrogen-bond acceptors (Lipinski definition) is 5. The van der Waals surface area contributed by atoms with Gasteiger partial charge in [-0.15, -0.1) is 11.8 Å². The van der Waals surface area contributed by atoms with Crippen LogP contribution in [0.15, 0.2) is 23.4 Å². The number of nitrogens with one attached hydrogen (secondary N) is 1. The highest BCUT2D eigenvalue weighted by Gasteiger charge is 2.14. The van der Waals surface area contributed by atoms with Crippen LogP contribution in [-0.2, 0) is 9.53 Å². The third-order valence-corrected chi connectivity index (χ3v) is 2.94. The number of carbonyl (C=O) groups excluding carboxylic acids is 2. The molecule has 0 radical (unpaired) electrons. The molecule has 5 nitrogen and oxygen atoms in total. The van der Waals surface area contributed by atoms with E-state index in [1.165, 1.54) is 11.8 Å². The van der Waals surface area contributed by atoms with Gasteiger partial charge in [0.25, 0.3) is 5.91 Å². The van der Waals surface area contributed by atoms with Crippen molar-refractivity contribution in [2.45, 2.75) is 18.9 Å². The molecule has 1 amide bonds. The lowest BCUT2D eigenvalue weighted by Gasteiger charge is -2.09. The van der Waals surface area contributed by atoms with E-state index >= 15 is 0 Å². The quantitative estimate of drug-likeness (QED) is 0.635. The highest BCUT2D eigenvalue weighted by molar-refractivity contribution is 7.98. The molecule has 0 saturated heterocycles. The fraction of sp³-hybridized carbons (Fsp3) is 0.462. The van der Waals surface area contributed by atoms with Crippen molar-refractivity contribution in [3.05, 3.63) is 23.9 Å². The topological polar surface area (TPSA) is 68.3 Å². The van der Waals surface area contributed by atoms with E-state index in [-0.39, 0.29) is 12.5 Å². The van der Waals surface area contributed by atoms with Crippen molar-refractivity contribution in [2.24, 2.45) is 5.92 Å². The summed E-state index contributed by atoms with van der Waals surface area (Å²) in [6.07, 6.45) is 3.44. The average molecular weight is 282 g/mol. The molecule has 0 aliphatic carbocycles. The van der Waals surface area contributed by atoms with Crippen LogP contribution >= 0.6 is 11.8 Å².